The second-order valence-electron chi connectivity index (χ2n) is 6.28. The third-order valence-corrected chi connectivity index (χ3v) is 4.93. The van der Waals surface area contributed by atoms with Crippen molar-refractivity contribution in [1.29, 1.82) is 0 Å². The second-order valence-corrected chi connectivity index (χ2v) is 7.13. The molecule has 0 bridgehead atoms. The van der Waals surface area contributed by atoms with Gasteiger partial charge in [-0.15, -0.1) is 0 Å². The highest BCUT2D eigenvalue weighted by atomic mass is 79.9. The van der Waals surface area contributed by atoms with Crippen LogP contribution in [0.2, 0.25) is 0 Å². The van der Waals surface area contributed by atoms with Crippen molar-refractivity contribution in [3.8, 4) is 23.0 Å². The molecule has 0 amide bonds. The van der Waals surface area contributed by atoms with E-state index < -0.39 is 0 Å². The van der Waals surface area contributed by atoms with Crippen LogP contribution in [-0.4, -0.2) is 26.4 Å². The van der Waals surface area contributed by atoms with Crippen LogP contribution >= 0.6 is 15.9 Å². The van der Waals surface area contributed by atoms with Gasteiger partial charge >= 0.3 is 0 Å². The molecule has 2 aromatic rings. The number of ether oxygens (including phenoxy) is 4. The van der Waals surface area contributed by atoms with Crippen LogP contribution in [0.25, 0.3) is 0 Å². The van der Waals surface area contributed by atoms with Gasteiger partial charge in [0.25, 0.3) is 0 Å². The number of nitrogens with one attached hydrogen (secondary N) is 1. The predicted octanol–water partition coefficient (Wildman–Crippen LogP) is 4.87. The summed E-state index contributed by atoms with van der Waals surface area (Å²) in [4.78, 5) is 0. The van der Waals surface area contributed by atoms with Gasteiger partial charge in [0.05, 0.1) is 17.7 Å². The molecule has 6 heteroatoms. The standard InChI is InChI=1S/C21H26BrNO4/c1-4-24-18-7-6-16(12-19(18)25-5-2)14(3)23-13-15-10-17(22)21-20(11-15)26-8-9-27-21/h6-7,10-12,14,23H,4-5,8-9,13H2,1-3H3. The zero-order chi connectivity index (χ0) is 19.2. The SMILES string of the molecule is CCOc1ccc(C(C)NCc2cc(Br)c3c(c2)OCCO3)cc1OCC. The van der Waals surface area contributed by atoms with Crippen LogP contribution in [0, 0.1) is 0 Å². The summed E-state index contributed by atoms with van der Waals surface area (Å²) in [7, 11) is 0. The summed E-state index contributed by atoms with van der Waals surface area (Å²) >= 11 is 3.57. The summed E-state index contributed by atoms with van der Waals surface area (Å²) in [6, 6.07) is 10.4. The van der Waals surface area contributed by atoms with E-state index in [2.05, 4.69) is 40.3 Å². The first-order valence-electron chi connectivity index (χ1n) is 9.33. The Hall–Kier alpha value is -1.92. The number of rotatable bonds is 8. The molecule has 0 aliphatic carbocycles. The van der Waals surface area contributed by atoms with E-state index in [1.54, 1.807) is 0 Å². The molecule has 146 valence electrons. The lowest BCUT2D eigenvalue weighted by molar-refractivity contribution is 0.170. The number of hydrogen-bond acceptors (Lipinski definition) is 5. The molecule has 0 saturated heterocycles. The second kappa shape index (κ2) is 9.33. The Morgan fingerprint density at radius 1 is 1.04 bits per heavy atom. The molecule has 1 N–H and O–H groups in total. The van der Waals surface area contributed by atoms with Crippen LogP contribution in [0.3, 0.4) is 0 Å². The fourth-order valence-electron chi connectivity index (χ4n) is 2.99. The number of halogens is 1. The predicted molar refractivity (Wildman–Crippen MR) is 109 cm³/mol. The van der Waals surface area contributed by atoms with Gasteiger partial charge in [0.1, 0.15) is 13.2 Å². The molecule has 2 aromatic carbocycles. The van der Waals surface area contributed by atoms with E-state index in [1.807, 2.05) is 32.0 Å². The van der Waals surface area contributed by atoms with Crippen LogP contribution in [0.5, 0.6) is 23.0 Å². The molecule has 0 aromatic heterocycles. The third kappa shape index (κ3) is 4.87. The molecule has 0 saturated carbocycles. The third-order valence-electron chi connectivity index (χ3n) is 4.34. The van der Waals surface area contributed by atoms with Crippen molar-refractivity contribution < 1.29 is 18.9 Å². The van der Waals surface area contributed by atoms with Gasteiger partial charge in [-0.05, 0) is 72.1 Å². The lowest BCUT2D eigenvalue weighted by atomic mass is 10.1. The van der Waals surface area contributed by atoms with E-state index in [0.717, 1.165) is 38.6 Å². The highest BCUT2D eigenvalue weighted by molar-refractivity contribution is 9.10. The molecular formula is C21H26BrNO4. The van der Waals surface area contributed by atoms with E-state index in [4.69, 9.17) is 18.9 Å². The molecule has 27 heavy (non-hydrogen) atoms. The summed E-state index contributed by atoms with van der Waals surface area (Å²) < 4.78 is 23.7. The van der Waals surface area contributed by atoms with Gasteiger partial charge in [0.2, 0.25) is 0 Å². The molecule has 0 spiro atoms. The molecule has 0 radical (unpaired) electrons. The van der Waals surface area contributed by atoms with Crippen molar-refractivity contribution in [2.24, 2.45) is 0 Å². The van der Waals surface area contributed by atoms with Gasteiger partial charge in [-0.2, -0.15) is 0 Å². The van der Waals surface area contributed by atoms with Gasteiger partial charge in [-0.1, -0.05) is 6.07 Å². The van der Waals surface area contributed by atoms with E-state index in [-0.39, 0.29) is 6.04 Å². The van der Waals surface area contributed by atoms with Crippen LogP contribution in [0.1, 0.15) is 37.9 Å². The summed E-state index contributed by atoms with van der Waals surface area (Å²) in [6.45, 7) is 9.19. The van der Waals surface area contributed by atoms with E-state index in [0.29, 0.717) is 33.0 Å². The van der Waals surface area contributed by atoms with Gasteiger partial charge in [-0.3, -0.25) is 0 Å². The quantitative estimate of drug-likeness (QED) is 0.640. The summed E-state index contributed by atoms with van der Waals surface area (Å²) in [5.41, 5.74) is 2.28. The highest BCUT2D eigenvalue weighted by Crippen LogP contribution is 2.38. The Labute approximate surface area is 169 Å². The fraction of sp³-hybridized carbons (Fsp3) is 0.429. The smallest absolute Gasteiger partial charge is 0.175 e. The van der Waals surface area contributed by atoms with Crippen molar-refractivity contribution in [3.63, 3.8) is 0 Å². The maximum Gasteiger partial charge on any atom is 0.175 e. The van der Waals surface area contributed by atoms with E-state index >= 15 is 0 Å². The average Bonchev–Trinajstić information content (AvgIpc) is 2.68. The molecule has 5 nitrogen and oxygen atoms in total. The molecule has 1 atom stereocenters. The van der Waals surface area contributed by atoms with Crippen LogP contribution in [-0.2, 0) is 6.54 Å². The molecule has 1 unspecified atom stereocenters. The Bertz CT molecular complexity index is 781. The summed E-state index contributed by atoms with van der Waals surface area (Å²) in [6.07, 6.45) is 0. The van der Waals surface area contributed by atoms with Crippen molar-refractivity contribution >= 4 is 15.9 Å². The van der Waals surface area contributed by atoms with E-state index in [1.165, 1.54) is 0 Å². The van der Waals surface area contributed by atoms with Crippen molar-refractivity contribution in [1.82, 2.24) is 5.32 Å². The van der Waals surface area contributed by atoms with Gasteiger partial charge in [0.15, 0.2) is 23.0 Å². The number of hydrogen-bond donors (Lipinski definition) is 1. The Balaban J connectivity index is 1.69. The van der Waals surface area contributed by atoms with Crippen molar-refractivity contribution in [2.75, 3.05) is 26.4 Å². The molecule has 1 aliphatic heterocycles. The van der Waals surface area contributed by atoms with Gasteiger partial charge in [-0.25, -0.2) is 0 Å². The first kappa shape index (κ1) is 19.8. The van der Waals surface area contributed by atoms with Crippen molar-refractivity contribution in [3.05, 3.63) is 45.9 Å². The first-order valence-corrected chi connectivity index (χ1v) is 10.1. The maximum absolute atomic E-state index is 5.73. The summed E-state index contributed by atoms with van der Waals surface area (Å²) in [5.74, 6) is 3.14. The van der Waals surface area contributed by atoms with Crippen molar-refractivity contribution in [2.45, 2.75) is 33.4 Å². The monoisotopic (exact) mass is 435 g/mol. The minimum Gasteiger partial charge on any atom is -0.490 e. The summed E-state index contributed by atoms with van der Waals surface area (Å²) in [5, 5.41) is 3.56. The van der Waals surface area contributed by atoms with Gasteiger partial charge < -0.3 is 24.3 Å². The Morgan fingerprint density at radius 3 is 2.56 bits per heavy atom. The number of fused-ring (bicyclic) bond motifs is 1. The Morgan fingerprint density at radius 2 is 1.78 bits per heavy atom. The average molecular weight is 436 g/mol. The van der Waals surface area contributed by atoms with Crippen LogP contribution < -0.4 is 24.3 Å². The molecular weight excluding hydrogens is 410 g/mol. The lowest BCUT2D eigenvalue weighted by Gasteiger charge is -2.21. The Kier molecular flexibility index (Phi) is 6.85. The van der Waals surface area contributed by atoms with Gasteiger partial charge in [0, 0.05) is 12.6 Å². The molecule has 0 fully saturated rings. The lowest BCUT2D eigenvalue weighted by Crippen LogP contribution is -2.19. The van der Waals surface area contributed by atoms with E-state index in [9.17, 15) is 0 Å². The largest absolute Gasteiger partial charge is 0.490 e. The minimum absolute atomic E-state index is 0.159. The molecule has 1 aliphatic rings. The maximum atomic E-state index is 5.73. The zero-order valence-corrected chi connectivity index (χ0v) is 17.6. The molecule has 1 heterocycles. The normalized spacial score (nSPS) is 13.9. The molecule has 3 rings (SSSR count). The zero-order valence-electron chi connectivity index (χ0n) is 16.0. The fourth-order valence-corrected chi connectivity index (χ4v) is 3.60. The first-order chi connectivity index (χ1) is 13.1. The van der Waals surface area contributed by atoms with Crippen LogP contribution in [0.4, 0.5) is 0 Å². The number of benzene rings is 2. The topological polar surface area (TPSA) is 49.0 Å². The highest BCUT2D eigenvalue weighted by Gasteiger charge is 2.17. The minimum atomic E-state index is 0.159. The van der Waals surface area contributed by atoms with Crippen LogP contribution in [0.15, 0.2) is 34.8 Å².